The molecule has 3 rings (SSSR count). The van der Waals surface area contributed by atoms with Gasteiger partial charge in [-0.1, -0.05) is 19.9 Å². The number of aromatic nitrogens is 3. The van der Waals surface area contributed by atoms with Crippen molar-refractivity contribution < 1.29 is 9.59 Å². The van der Waals surface area contributed by atoms with Gasteiger partial charge in [0, 0.05) is 36.5 Å². The van der Waals surface area contributed by atoms with Crippen LogP contribution in [0.3, 0.4) is 0 Å². The minimum atomic E-state index is -0.348. The number of imidazole rings is 1. The second kappa shape index (κ2) is 7.99. The van der Waals surface area contributed by atoms with Crippen molar-refractivity contribution in [3.63, 3.8) is 0 Å². The Balaban J connectivity index is 2.08. The zero-order valence-corrected chi connectivity index (χ0v) is 15.7. The molecule has 0 saturated heterocycles. The minimum absolute atomic E-state index is 0.0248. The van der Waals surface area contributed by atoms with Gasteiger partial charge in [-0.25, -0.2) is 9.78 Å². The Morgan fingerprint density at radius 3 is 2.70 bits per heavy atom. The summed E-state index contributed by atoms with van der Waals surface area (Å²) in [6, 6.07) is 7.20. The van der Waals surface area contributed by atoms with Crippen LogP contribution in [-0.2, 0) is 0 Å². The molecule has 0 fully saturated rings. The van der Waals surface area contributed by atoms with Gasteiger partial charge in [-0.05, 0) is 36.6 Å². The van der Waals surface area contributed by atoms with Crippen LogP contribution in [0.2, 0.25) is 0 Å². The molecule has 2 heterocycles. The van der Waals surface area contributed by atoms with Crippen molar-refractivity contribution in [3.05, 3.63) is 42.2 Å². The van der Waals surface area contributed by atoms with Gasteiger partial charge in [0.25, 0.3) is 0 Å². The fraction of sp³-hybridized carbons (Fsp3) is 0.300. The number of nitrogens with one attached hydrogen (secondary N) is 3. The van der Waals surface area contributed by atoms with Gasteiger partial charge in [-0.3, -0.25) is 15.1 Å². The number of carbonyl (C=O) groups is 2. The van der Waals surface area contributed by atoms with Crippen molar-refractivity contribution >= 4 is 28.8 Å². The number of Topliss-reactive ketones (excluding diaryl/α,β-unsaturated/α-hetero) is 1. The van der Waals surface area contributed by atoms with E-state index in [-0.39, 0.29) is 17.7 Å². The summed E-state index contributed by atoms with van der Waals surface area (Å²) in [6.45, 7) is 6.36. The monoisotopic (exact) mass is 365 g/mol. The molecule has 0 unspecified atom stereocenters. The van der Waals surface area contributed by atoms with Gasteiger partial charge < -0.3 is 10.3 Å². The van der Waals surface area contributed by atoms with Crippen molar-refractivity contribution in [1.82, 2.24) is 20.3 Å². The van der Waals surface area contributed by atoms with E-state index in [1.165, 1.54) is 0 Å². The molecule has 1 aromatic carbocycles. The molecule has 140 valence electrons. The molecule has 0 bridgehead atoms. The lowest BCUT2D eigenvalue weighted by Gasteiger charge is -2.08. The quantitative estimate of drug-likeness (QED) is 0.575. The van der Waals surface area contributed by atoms with Crippen LogP contribution in [0.5, 0.6) is 0 Å². The second-order valence-corrected chi connectivity index (χ2v) is 6.75. The highest BCUT2D eigenvalue weighted by molar-refractivity contribution is 6.08. The summed E-state index contributed by atoms with van der Waals surface area (Å²) in [5.74, 6) is 0.566. The molecule has 0 aliphatic heterocycles. The van der Waals surface area contributed by atoms with Crippen LogP contribution in [0.1, 0.15) is 37.6 Å². The Morgan fingerprint density at radius 1 is 1.22 bits per heavy atom. The normalized spacial score (nSPS) is 11.0. The van der Waals surface area contributed by atoms with E-state index in [0.717, 1.165) is 11.1 Å². The number of anilines is 1. The molecule has 0 spiro atoms. The average molecular weight is 365 g/mol. The Hall–Kier alpha value is -3.22. The summed E-state index contributed by atoms with van der Waals surface area (Å²) in [5.41, 5.74) is 3.57. The predicted molar refractivity (Wildman–Crippen MR) is 106 cm³/mol. The van der Waals surface area contributed by atoms with Crippen molar-refractivity contribution in [1.29, 1.82) is 0 Å². The lowest BCUT2D eigenvalue weighted by atomic mass is 9.96. The van der Waals surface area contributed by atoms with Gasteiger partial charge in [-0.2, -0.15) is 0 Å². The molecule has 7 heteroatoms. The first-order valence-corrected chi connectivity index (χ1v) is 9.00. The third-order valence-electron chi connectivity index (χ3n) is 4.04. The first-order valence-electron chi connectivity index (χ1n) is 9.00. The van der Waals surface area contributed by atoms with E-state index in [1.807, 2.05) is 45.0 Å². The molecule has 2 aromatic heterocycles. The van der Waals surface area contributed by atoms with Gasteiger partial charge in [0.15, 0.2) is 5.78 Å². The molecule has 3 aromatic rings. The number of aromatic amines is 1. The SMILES string of the molecule is CCNC(=O)Nc1nc2c(C(=O)CC(C)C)cc(-c3cccnc3)cc2[nH]1. The van der Waals surface area contributed by atoms with Crippen molar-refractivity contribution in [2.75, 3.05) is 11.9 Å². The highest BCUT2D eigenvalue weighted by atomic mass is 16.2. The molecule has 27 heavy (non-hydrogen) atoms. The summed E-state index contributed by atoms with van der Waals surface area (Å²) < 4.78 is 0. The lowest BCUT2D eigenvalue weighted by molar-refractivity contribution is 0.0969. The van der Waals surface area contributed by atoms with Gasteiger partial charge in [-0.15, -0.1) is 0 Å². The van der Waals surface area contributed by atoms with Gasteiger partial charge in [0.05, 0.1) is 5.52 Å². The summed E-state index contributed by atoms with van der Waals surface area (Å²) >= 11 is 0. The van der Waals surface area contributed by atoms with E-state index in [1.54, 1.807) is 12.4 Å². The topological polar surface area (TPSA) is 99.8 Å². The van der Waals surface area contributed by atoms with Crippen LogP contribution in [0, 0.1) is 5.92 Å². The highest BCUT2D eigenvalue weighted by Gasteiger charge is 2.18. The standard InChI is InChI=1S/C20H23N5O2/c1-4-22-20(27)25-19-23-16-10-14(13-6-5-7-21-11-13)9-15(18(16)24-19)17(26)8-12(2)3/h5-7,9-12H,4,8H2,1-3H3,(H3,22,23,24,25,27). The number of H-pyrrole nitrogens is 1. The number of rotatable bonds is 6. The summed E-state index contributed by atoms with van der Waals surface area (Å²) in [5, 5.41) is 5.31. The smallest absolute Gasteiger partial charge is 0.321 e. The fourth-order valence-corrected chi connectivity index (χ4v) is 2.88. The van der Waals surface area contributed by atoms with E-state index in [0.29, 0.717) is 35.5 Å². The number of amides is 2. The first-order chi connectivity index (χ1) is 13.0. The van der Waals surface area contributed by atoms with Crippen molar-refractivity contribution in [3.8, 4) is 11.1 Å². The zero-order valence-electron chi connectivity index (χ0n) is 15.7. The summed E-state index contributed by atoms with van der Waals surface area (Å²) in [4.78, 5) is 36.3. The molecule has 0 radical (unpaired) electrons. The molecule has 0 atom stereocenters. The Labute approximate surface area is 157 Å². The Bertz CT molecular complexity index is 963. The van der Waals surface area contributed by atoms with Gasteiger partial charge >= 0.3 is 6.03 Å². The summed E-state index contributed by atoms with van der Waals surface area (Å²) in [7, 11) is 0. The van der Waals surface area contributed by atoms with Crippen LogP contribution in [-0.4, -0.2) is 33.3 Å². The first kappa shape index (κ1) is 18.6. The maximum Gasteiger partial charge on any atom is 0.321 e. The van der Waals surface area contributed by atoms with Crippen molar-refractivity contribution in [2.45, 2.75) is 27.2 Å². The number of urea groups is 1. The second-order valence-electron chi connectivity index (χ2n) is 6.75. The third kappa shape index (κ3) is 4.31. The number of nitrogens with zero attached hydrogens (tertiary/aromatic N) is 2. The highest BCUT2D eigenvalue weighted by Crippen LogP contribution is 2.28. The summed E-state index contributed by atoms with van der Waals surface area (Å²) in [6.07, 6.45) is 3.89. The van der Waals surface area contributed by atoms with Crippen LogP contribution < -0.4 is 10.6 Å². The number of pyridine rings is 1. The Morgan fingerprint density at radius 2 is 2.04 bits per heavy atom. The average Bonchev–Trinajstić information content (AvgIpc) is 3.03. The molecule has 7 nitrogen and oxygen atoms in total. The zero-order chi connectivity index (χ0) is 19.4. The number of carbonyl (C=O) groups excluding carboxylic acids is 2. The molecule has 0 aliphatic rings. The van der Waals surface area contributed by atoms with E-state index in [4.69, 9.17) is 0 Å². The molecule has 0 saturated carbocycles. The molecule has 0 aliphatic carbocycles. The molecule has 3 N–H and O–H groups in total. The number of hydrogen-bond donors (Lipinski definition) is 3. The minimum Gasteiger partial charge on any atom is -0.338 e. The number of fused-ring (bicyclic) bond motifs is 1. The largest absolute Gasteiger partial charge is 0.338 e. The van der Waals surface area contributed by atoms with E-state index < -0.39 is 0 Å². The Kier molecular flexibility index (Phi) is 5.49. The van der Waals surface area contributed by atoms with Gasteiger partial charge in [0.1, 0.15) is 5.52 Å². The predicted octanol–water partition coefficient (Wildman–Crippen LogP) is 4.00. The van der Waals surface area contributed by atoms with Crippen LogP contribution in [0.25, 0.3) is 22.2 Å². The van der Waals surface area contributed by atoms with E-state index in [2.05, 4.69) is 25.6 Å². The fourth-order valence-electron chi connectivity index (χ4n) is 2.88. The van der Waals surface area contributed by atoms with E-state index >= 15 is 0 Å². The van der Waals surface area contributed by atoms with Crippen LogP contribution in [0.4, 0.5) is 10.7 Å². The maximum atomic E-state index is 12.8. The van der Waals surface area contributed by atoms with Crippen LogP contribution in [0.15, 0.2) is 36.7 Å². The molecule has 2 amide bonds. The number of ketones is 1. The van der Waals surface area contributed by atoms with Gasteiger partial charge in [0.2, 0.25) is 5.95 Å². The molecular weight excluding hydrogens is 342 g/mol. The van der Waals surface area contributed by atoms with Crippen LogP contribution >= 0.6 is 0 Å². The number of hydrogen-bond acceptors (Lipinski definition) is 4. The number of benzene rings is 1. The maximum absolute atomic E-state index is 12.8. The molecular formula is C20H23N5O2. The third-order valence-corrected chi connectivity index (χ3v) is 4.04. The van der Waals surface area contributed by atoms with E-state index in [9.17, 15) is 9.59 Å². The lowest BCUT2D eigenvalue weighted by Crippen LogP contribution is -2.28. The van der Waals surface area contributed by atoms with Crippen molar-refractivity contribution in [2.24, 2.45) is 5.92 Å².